The Bertz CT molecular complexity index is 1040. The smallest absolute Gasteiger partial charge is 0.248 e. The zero-order chi connectivity index (χ0) is 18.1. The van der Waals surface area contributed by atoms with Gasteiger partial charge in [0.05, 0.1) is 17.5 Å². The average Bonchev–Trinajstić information content (AvgIpc) is 3.09. The maximum atomic E-state index is 11.9. The van der Waals surface area contributed by atoms with E-state index in [0.29, 0.717) is 22.7 Å². The van der Waals surface area contributed by atoms with Gasteiger partial charge in [0, 0.05) is 31.2 Å². The maximum Gasteiger partial charge on any atom is 0.248 e. The molecule has 26 heavy (non-hydrogen) atoms. The van der Waals surface area contributed by atoms with E-state index < -0.39 is 9.84 Å². The quantitative estimate of drug-likeness (QED) is 0.578. The molecule has 0 amide bonds. The molecular weight excluding hydrogens is 354 g/mol. The minimum absolute atomic E-state index is 0.161. The van der Waals surface area contributed by atoms with Crippen LogP contribution in [0.4, 0.5) is 5.82 Å². The van der Waals surface area contributed by atoms with Crippen LogP contribution in [-0.4, -0.2) is 58.7 Å². The van der Waals surface area contributed by atoms with Gasteiger partial charge in [-0.1, -0.05) is 0 Å². The second kappa shape index (κ2) is 6.61. The first-order valence-corrected chi connectivity index (χ1v) is 10.2. The van der Waals surface area contributed by atoms with Gasteiger partial charge in [-0.3, -0.25) is 0 Å². The third-order valence-electron chi connectivity index (χ3n) is 4.27. The summed E-state index contributed by atoms with van der Waals surface area (Å²) in [6.07, 6.45) is 8.01. The van der Waals surface area contributed by atoms with Crippen molar-refractivity contribution >= 4 is 26.8 Å². The van der Waals surface area contributed by atoms with Crippen LogP contribution in [0.25, 0.3) is 22.4 Å². The minimum Gasteiger partial charge on any atom is -0.365 e. The molecule has 0 aromatic carbocycles. The Balaban J connectivity index is 1.78. The minimum atomic E-state index is -3.51. The Hall–Kier alpha value is -2.59. The first kappa shape index (κ1) is 16.9. The van der Waals surface area contributed by atoms with E-state index in [1.165, 1.54) is 6.20 Å². The summed E-state index contributed by atoms with van der Waals surface area (Å²) < 4.78 is 23.7. The first-order chi connectivity index (χ1) is 12.5. The molecule has 3 aromatic heterocycles. The Kier molecular flexibility index (Phi) is 4.29. The van der Waals surface area contributed by atoms with E-state index in [4.69, 9.17) is 0 Å². The van der Waals surface area contributed by atoms with Crippen LogP contribution in [-0.2, 0) is 9.84 Å². The summed E-state index contributed by atoms with van der Waals surface area (Å²) >= 11 is 0. The van der Waals surface area contributed by atoms with Crippen LogP contribution < -0.4 is 10.6 Å². The first-order valence-electron chi connectivity index (χ1n) is 8.35. The number of hydrogen-bond donors (Lipinski definition) is 3. The number of H-pyrrole nitrogens is 1. The highest BCUT2D eigenvalue weighted by atomic mass is 32.2. The monoisotopic (exact) mass is 373 g/mol. The summed E-state index contributed by atoms with van der Waals surface area (Å²) in [6, 6.07) is 1.99. The molecule has 1 atom stereocenters. The second-order valence-electron chi connectivity index (χ2n) is 6.34. The molecule has 136 valence electrons. The van der Waals surface area contributed by atoms with Crippen LogP contribution in [0.5, 0.6) is 0 Å². The van der Waals surface area contributed by atoms with Crippen molar-refractivity contribution in [3.63, 3.8) is 0 Å². The van der Waals surface area contributed by atoms with E-state index in [2.05, 4.69) is 35.6 Å². The third kappa shape index (κ3) is 3.37. The van der Waals surface area contributed by atoms with Gasteiger partial charge in [-0.05, 0) is 25.5 Å². The molecule has 3 aromatic rings. The van der Waals surface area contributed by atoms with Gasteiger partial charge in [-0.2, -0.15) is 0 Å². The zero-order valence-electron chi connectivity index (χ0n) is 14.2. The normalized spacial score (nSPS) is 18.1. The molecule has 4 rings (SSSR count). The predicted molar refractivity (Wildman–Crippen MR) is 97.5 cm³/mol. The molecule has 1 aliphatic rings. The summed E-state index contributed by atoms with van der Waals surface area (Å²) in [6.45, 7) is 1.78. The maximum absolute atomic E-state index is 11.9. The Morgan fingerprint density at radius 3 is 2.88 bits per heavy atom. The third-order valence-corrected chi connectivity index (χ3v) is 5.13. The molecule has 0 bridgehead atoms. The fourth-order valence-corrected chi connectivity index (χ4v) is 3.47. The molecular formula is C16H19N7O2S. The lowest BCUT2D eigenvalue weighted by atomic mass is 10.1. The number of aromatic amines is 1. The van der Waals surface area contributed by atoms with Crippen molar-refractivity contribution < 1.29 is 8.42 Å². The summed E-state index contributed by atoms with van der Waals surface area (Å²) in [7, 11) is -3.51. The van der Waals surface area contributed by atoms with Gasteiger partial charge >= 0.3 is 0 Å². The molecule has 9 nitrogen and oxygen atoms in total. The van der Waals surface area contributed by atoms with Crippen LogP contribution >= 0.6 is 0 Å². The van der Waals surface area contributed by atoms with E-state index in [1.54, 1.807) is 12.4 Å². The number of anilines is 1. The summed E-state index contributed by atoms with van der Waals surface area (Å²) in [4.78, 5) is 20.2. The molecule has 10 heteroatoms. The number of rotatable bonds is 4. The number of nitrogens with zero attached hydrogens (tertiary/aromatic N) is 4. The summed E-state index contributed by atoms with van der Waals surface area (Å²) in [5.41, 5.74) is 2.62. The van der Waals surface area contributed by atoms with E-state index in [-0.39, 0.29) is 11.2 Å². The van der Waals surface area contributed by atoms with Crippen molar-refractivity contribution in [1.82, 2.24) is 30.2 Å². The van der Waals surface area contributed by atoms with Gasteiger partial charge in [0.25, 0.3) is 0 Å². The highest BCUT2D eigenvalue weighted by molar-refractivity contribution is 7.90. The summed E-state index contributed by atoms with van der Waals surface area (Å²) in [5.74, 6) is 0.457. The van der Waals surface area contributed by atoms with Crippen LogP contribution in [0.3, 0.4) is 0 Å². The lowest BCUT2D eigenvalue weighted by Gasteiger charge is -2.25. The molecule has 0 saturated carbocycles. The van der Waals surface area contributed by atoms with Crippen molar-refractivity contribution in [2.75, 3.05) is 24.7 Å². The Labute approximate surface area is 150 Å². The molecule has 4 heterocycles. The largest absolute Gasteiger partial charge is 0.365 e. The molecule has 0 unspecified atom stereocenters. The number of sulfone groups is 1. The Morgan fingerprint density at radius 1 is 1.23 bits per heavy atom. The lowest BCUT2D eigenvalue weighted by Crippen LogP contribution is -2.38. The number of piperidine rings is 1. The number of aromatic nitrogens is 5. The molecule has 3 N–H and O–H groups in total. The van der Waals surface area contributed by atoms with Gasteiger partial charge in [-0.15, -0.1) is 0 Å². The van der Waals surface area contributed by atoms with Crippen molar-refractivity contribution in [3.05, 3.63) is 24.7 Å². The highest BCUT2D eigenvalue weighted by Gasteiger charge is 2.20. The van der Waals surface area contributed by atoms with Gasteiger partial charge in [0.1, 0.15) is 11.3 Å². The van der Waals surface area contributed by atoms with Gasteiger partial charge in [-0.25, -0.2) is 28.4 Å². The van der Waals surface area contributed by atoms with Crippen LogP contribution in [0.15, 0.2) is 29.8 Å². The van der Waals surface area contributed by atoms with Crippen molar-refractivity contribution in [1.29, 1.82) is 0 Å². The molecule has 1 fully saturated rings. The van der Waals surface area contributed by atoms with Gasteiger partial charge in [0.15, 0.2) is 5.65 Å². The molecule has 1 saturated heterocycles. The molecule has 0 aliphatic carbocycles. The fourth-order valence-electron chi connectivity index (χ4n) is 2.97. The van der Waals surface area contributed by atoms with Crippen molar-refractivity contribution in [2.45, 2.75) is 24.0 Å². The highest BCUT2D eigenvalue weighted by Crippen LogP contribution is 2.27. The topological polar surface area (TPSA) is 126 Å². The predicted octanol–water partition coefficient (Wildman–Crippen LogP) is 0.982. The van der Waals surface area contributed by atoms with Gasteiger partial charge in [0.2, 0.25) is 15.0 Å². The van der Waals surface area contributed by atoms with Crippen LogP contribution in [0.1, 0.15) is 12.8 Å². The zero-order valence-corrected chi connectivity index (χ0v) is 15.0. The SMILES string of the molecule is CS(=O)(=O)c1ncc(-c2cnc3[nH]ccc3n2)c(N[C@H]2CCCNC2)n1. The van der Waals surface area contributed by atoms with E-state index in [0.717, 1.165) is 37.7 Å². The van der Waals surface area contributed by atoms with Crippen molar-refractivity contribution in [2.24, 2.45) is 0 Å². The number of hydrogen-bond acceptors (Lipinski definition) is 8. The van der Waals surface area contributed by atoms with Gasteiger partial charge < -0.3 is 15.6 Å². The summed E-state index contributed by atoms with van der Waals surface area (Å²) in [5, 5.41) is 6.47. The molecule has 0 spiro atoms. The van der Waals surface area contributed by atoms with E-state index in [9.17, 15) is 8.42 Å². The van der Waals surface area contributed by atoms with Crippen LogP contribution in [0, 0.1) is 0 Å². The van der Waals surface area contributed by atoms with E-state index in [1.807, 2.05) is 6.07 Å². The molecule has 1 aliphatic heterocycles. The Morgan fingerprint density at radius 2 is 2.12 bits per heavy atom. The van der Waals surface area contributed by atoms with E-state index >= 15 is 0 Å². The lowest BCUT2D eigenvalue weighted by molar-refractivity contribution is 0.478. The number of fused-ring (bicyclic) bond motifs is 1. The average molecular weight is 373 g/mol. The molecule has 0 radical (unpaired) electrons. The second-order valence-corrected chi connectivity index (χ2v) is 8.25. The standard InChI is InChI=1S/C16H19N7O2S/c1-26(24,25)16-20-8-11(13-9-19-15-12(22-13)4-6-18-15)14(23-16)21-10-3-2-5-17-7-10/h4,6,8-10,17H,2-3,5,7H2,1H3,(H,18,19)(H,20,21,23)/t10-/m0/s1. The van der Waals surface area contributed by atoms with Crippen LogP contribution in [0.2, 0.25) is 0 Å². The fraction of sp³-hybridized carbons (Fsp3) is 0.375. The number of nitrogens with one attached hydrogen (secondary N) is 3. The van der Waals surface area contributed by atoms with Crippen molar-refractivity contribution in [3.8, 4) is 11.3 Å².